The van der Waals surface area contributed by atoms with Crippen LogP contribution in [0.25, 0.3) is 10.4 Å². The number of thiophene rings is 1. The van der Waals surface area contributed by atoms with E-state index >= 15 is 0 Å². The molecular formula is C19H23NO2S. The van der Waals surface area contributed by atoms with E-state index in [0.717, 1.165) is 30.6 Å². The summed E-state index contributed by atoms with van der Waals surface area (Å²) in [5.41, 5.74) is 1.91. The molecule has 0 spiro atoms. The normalized spacial score (nSPS) is 17.9. The van der Waals surface area contributed by atoms with Gasteiger partial charge in [-0.05, 0) is 55.3 Å². The van der Waals surface area contributed by atoms with E-state index in [9.17, 15) is 4.79 Å². The van der Waals surface area contributed by atoms with Crippen LogP contribution in [0.4, 0.5) is 0 Å². The molecule has 4 heteroatoms. The van der Waals surface area contributed by atoms with Gasteiger partial charge in [-0.2, -0.15) is 0 Å². The summed E-state index contributed by atoms with van der Waals surface area (Å²) in [6.45, 7) is 4.26. The second-order valence-electron chi connectivity index (χ2n) is 5.89. The Morgan fingerprint density at radius 3 is 2.70 bits per heavy atom. The fraction of sp³-hybridized carbons (Fsp3) is 0.421. The molecule has 1 aromatic heterocycles. The van der Waals surface area contributed by atoms with Crippen molar-refractivity contribution in [3.63, 3.8) is 0 Å². The van der Waals surface area contributed by atoms with Gasteiger partial charge in [0.05, 0.1) is 6.10 Å². The zero-order valence-corrected chi connectivity index (χ0v) is 14.3. The van der Waals surface area contributed by atoms with Gasteiger partial charge in [-0.25, -0.2) is 0 Å². The summed E-state index contributed by atoms with van der Waals surface area (Å²) in [4.78, 5) is 15.8. The Kier molecular flexibility index (Phi) is 5.47. The third-order valence-corrected chi connectivity index (χ3v) is 5.22. The lowest BCUT2D eigenvalue weighted by Gasteiger charge is -2.29. The summed E-state index contributed by atoms with van der Waals surface area (Å²) in [5.74, 6) is 0.0967. The van der Waals surface area contributed by atoms with Crippen LogP contribution in [-0.2, 0) is 4.74 Å². The molecule has 0 unspecified atom stereocenters. The molecule has 0 saturated carbocycles. The number of hydrogen-bond acceptors (Lipinski definition) is 3. The van der Waals surface area contributed by atoms with Crippen molar-refractivity contribution >= 4 is 17.2 Å². The quantitative estimate of drug-likeness (QED) is 0.811. The molecule has 1 saturated heterocycles. The van der Waals surface area contributed by atoms with E-state index in [4.69, 9.17) is 4.74 Å². The van der Waals surface area contributed by atoms with Crippen LogP contribution >= 0.6 is 11.3 Å². The zero-order chi connectivity index (χ0) is 16.1. The maximum absolute atomic E-state index is 12.7. The van der Waals surface area contributed by atoms with E-state index in [1.807, 2.05) is 42.2 Å². The van der Waals surface area contributed by atoms with Crippen LogP contribution in [0.5, 0.6) is 0 Å². The average molecular weight is 329 g/mol. The van der Waals surface area contributed by atoms with Crippen molar-refractivity contribution in [2.75, 3.05) is 19.7 Å². The predicted molar refractivity (Wildman–Crippen MR) is 94.9 cm³/mol. The number of ether oxygens (including phenoxy) is 1. The van der Waals surface area contributed by atoms with Crippen LogP contribution in [-0.4, -0.2) is 36.6 Å². The van der Waals surface area contributed by atoms with Crippen LogP contribution < -0.4 is 0 Å². The minimum absolute atomic E-state index is 0.0967. The Morgan fingerprint density at radius 2 is 2.09 bits per heavy atom. The molecule has 1 amide bonds. The third kappa shape index (κ3) is 4.01. The third-order valence-electron chi connectivity index (χ3n) is 4.30. The fourth-order valence-electron chi connectivity index (χ4n) is 2.96. The Labute approximate surface area is 141 Å². The Balaban J connectivity index is 1.67. The zero-order valence-electron chi connectivity index (χ0n) is 13.5. The van der Waals surface area contributed by atoms with E-state index < -0.39 is 0 Å². The van der Waals surface area contributed by atoms with E-state index in [-0.39, 0.29) is 12.0 Å². The molecule has 0 radical (unpaired) electrons. The molecule has 0 N–H and O–H groups in total. The van der Waals surface area contributed by atoms with Crippen LogP contribution in [0.2, 0.25) is 0 Å². The standard InChI is InChI=1S/C19H23NO2S/c1-2-20(14-17-6-3-4-12-22-17)19(21)16-10-8-15(9-11-16)18-7-5-13-23-18/h5,7-11,13,17H,2-4,6,12,14H2,1H3/t17-/m0/s1. The highest BCUT2D eigenvalue weighted by atomic mass is 32.1. The molecule has 1 aromatic carbocycles. The van der Waals surface area contributed by atoms with Gasteiger partial charge in [0, 0.05) is 30.1 Å². The average Bonchev–Trinajstić information content (AvgIpc) is 3.15. The van der Waals surface area contributed by atoms with Gasteiger partial charge in [0.15, 0.2) is 0 Å². The van der Waals surface area contributed by atoms with Gasteiger partial charge in [0.1, 0.15) is 0 Å². The molecular weight excluding hydrogens is 306 g/mol. The van der Waals surface area contributed by atoms with Crippen LogP contribution in [0, 0.1) is 0 Å². The van der Waals surface area contributed by atoms with Crippen molar-refractivity contribution in [2.24, 2.45) is 0 Å². The number of nitrogens with zero attached hydrogens (tertiary/aromatic N) is 1. The summed E-state index contributed by atoms with van der Waals surface area (Å²) in [5, 5.41) is 2.07. The van der Waals surface area contributed by atoms with Gasteiger partial charge in [-0.1, -0.05) is 18.2 Å². The van der Waals surface area contributed by atoms with Crippen molar-refractivity contribution in [3.05, 3.63) is 47.3 Å². The summed E-state index contributed by atoms with van der Waals surface area (Å²) in [7, 11) is 0. The number of rotatable bonds is 5. The summed E-state index contributed by atoms with van der Waals surface area (Å²) in [6.07, 6.45) is 3.59. The van der Waals surface area contributed by atoms with Crippen LogP contribution in [0.3, 0.4) is 0 Å². The van der Waals surface area contributed by atoms with E-state index in [0.29, 0.717) is 13.1 Å². The minimum Gasteiger partial charge on any atom is -0.376 e. The Hall–Kier alpha value is -1.65. The summed E-state index contributed by atoms with van der Waals surface area (Å²) in [6, 6.07) is 12.1. The first kappa shape index (κ1) is 16.2. The molecule has 2 aromatic rings. The van der Waals surface area contributed by atoms with Gasteiger partial charge in [-0.3, -0.25) is 4.79 Å². The lowest BCUT2D eigenvalue weighted by atomic mass is 10.1. The molecule has 3 nitrogen and oxygen atoms in total. The van der Waals surface area contributed by atoms with Crippen LogP contribution in [0.15, 0.2) is 41.8 Å². The highest BCUT2D eigenvalue weighted by molar-refractivity contribution is 7.13. The first-order valence-corrected chi connectivity index (χ1v) is 9.20. The second kappa shape index (κ2) is 7.75. The van der Waals surface area contributed by atoms with Crippen molar-refractivity contribution in [1.29, 1.82) is 0 Å². The van der Waals surface area contributed by atoms with Gasteiger partial charge < -0.3 is 9.64 Å². The molecule has 122 valence electrons. The maximum Gasteiger partial charge on any atom is 0.253 e. The largest absolute Gasteiger partial charge is 0.376 e. The topological polar surface area (TPSA) is 29.5 Å². The molecule has 3 rings (SSSR count). The first-order chi connectivity index (χ1) is 11.3. The molecule has 0 aliphatic carbocycles. The maximum atomic E-state index is 12.7. The van der Waals surface area contributed by atoms with Crippen molar-refractivity contribution < 1.29 is 9.53 Å². The Bertz CT molecular complexity index is 615. The van der Waals surface area contributed by atoms with E-state index in [2.05, 4.69) is 11.4 Å². The van der Waals surface area contributed by atoms with Gasteiger partial charge in [0.2, 0.25) is 0 Å². The number of carbonyl (C=O) groups excluding carboxylic acids is 1. The number of likely N-dealkylation sites (N-methyl/N-ethyl adjacent to an activating group) is 1. The molecule has 1 aliphatic rings. The SMILES string of the molecule is CCN(C[C@@H]1CCCCO1)C(=O)c1ccc(-c2cccs2)cc1. The highest BCUT2D eigenvalue weighted by Crippen LogP contribution is 2.25. The number of benzene rings is 1. The number of amides is 1. The fourth-order valence-corrected chi connectivity index (χ4v) is 3.69. The van der Waals surface area contributed by atoms with E-state index in [1.165, 1.54) is 11.3 Å². The van der Waals surface area contributed by atoms with E-state index in [1.54, 1.807) is 11.3 Å². The second-order valence-corrected chi connectivity index (χ2v) is 6.83. The minimum atomic E-state index is 0.0967. The lowest BCUT2D eigenvalue weighted by molar-refractivity contribution is -0.00311. The van der Waals surface area contributed by atoms with Crippen molar-refractivity contribution in [1.82, 2.24) is 4.90 Å². The van der Waals surface area contributed by atoms with Gasteiger partial charge in [0.25, 0.3) is 5.91 Å². The monoisotopic (exact) mass is 329 g/mol. The van der Waals surface area contributed by atoms with Gasteiger partial charge >= 0.3 is 0 Å². The summed E-state index contributed by atoms with van der Waals surface area (Å²) < 4.78 is 5.77. The molecule has 1 atom stereocenters. The van der Waals surface area contributed by atoms with Crippen LogP contribution in [0.1, 0.15) is 36.5 Å². The molecule has 23 heavy (non-hydrogen) atoms. The molecule has 2 heterocycles. The highest BCUT2D eigenvalue weighted by Gasteiger charge is 2.21. The first-order valence-electron chi connectivity index (χ1n) is 8.32. The summed E-state index contributed by atoms with van der Waals surface area (Å²) >= 11 is 1.71. The smallest absolute Gasteiger partial charge is 0.253 e. The number of carbonyl (C=O) groups is 1. The lowest BCUT2D eigenvalue weighted by Crippen LogP contribution is -2.39. The van der Waals surface area contributed by atoms with Crippen molar-refractivity contribution in [3.8, 4) is 10.4 Å². The van der Waals surface area contributed by atoms with Gasteiger partial charge in [-0.15, -0.1) is 11.3 Å². The Morgan fingerprint density at radius 1 is 1.26 bits per heavy atom. The molecule has 1 aliphatic heterocycles. The number of hydrogen-bond donors (Lipinski definition) is 0. The molecule has 1 fully saturated rings. The van der Waals surface area contributed by atoms with Crippen molar-refractivity contribution in [2.45, 2.75) is 32.3 Å². The predicted octanol–water partition coefficient (Wildman–Crippen LogP) is 4.45. The molecule has 0 bridgehead atoms.